The number of hydrogen-bond donors (Lipinski definition) is 1. The molecule has 3 heteroatoms. The molecule has 1 N–H and O–H groups in total. The quantitative estimate of drug-likeness (QED) is 0.830. The highest BCUT2D eigenvalue weighted by Crippen LogP contribution is 2.38. The topological polar surface area (TPSA) is 32.3 Å². The van der Waals surface area contributed by atoms with E-state index < -0.39 is 0 Å². The first-order valence-corrected chi connectivity index (χ1v) is 8.17. The third kappa shape index (κ3) is 3.71. The predicted molar refractivity (Wildman–Crippen MR) is 79.0 cm³/mol. The molecule has 1 amide bonds. The van der Waals surface area contributed by atoms with Crippen molar-refractivity contribution in [3.8, 4) is 0 Å². The molecule has 2 saturated heterocycles. The predicted octanol–water partition coefficient (Wildman–Crippen LogP) is 2.80. The number of hydrogen-bond acceptors (Lipinski definition) is 2. The van der Waals surface area contributed by atoms with Crippen LogP contribution in [-0.2, 0) is 4.79 Å². The van der Waals surface area contributed by atoms with Crippen molar-refractivity contribution in [2.45, 2.75) is 58.8 Å². The minimum atomic E-state index is 0.396. The van der Waals surface area contributed by atoms with Gasteiger partial charge in [-0.25, -0.2) is 0 Å². The summed E-state index contributed by atoms with van der Waals surface area (Å²) in [6.07, 6.45) is 8.03. The molecule has 110 valence electrons. The van der Waals surface area contributed by atoms with Crippen LogP contribution in [0, 0.1) is 11.3 Å². The lowest BCUT2D eigenvalue weighted by molar-refractivity contribution is -0.133. The third-order valence-corrected chi connectivity index (χ3v) is 5.61. The molecule has 0 aromatic rings. The molecule has 0 aliphatic carbocycles. The van der Waals surface area contributed by atoms with E-state index in [9.17, 15) is 4.79 Å². The first-order chi connectivity index (χ1) is 9.19. The Labute approximate surface area is 118 Å². The second-order valence-corrected chi connectivity index (χ2v) is 6.49. The molecule has 2 fully saturated rings. The molecule has 2 rings (SSSR count). The Kier molecular flexibility index (Phi) is 5.26. The third-order valence-electron chi connectivity index (χ3n) is 5.61. The van der Waals surface area contributed by atoms with Crippen molar-refractivity contribution in [2.24, 2.45) is 11.3 Å². The summed E-state index contributed by atoms with van der Waals surface area (Å²) in [4.78, 5) is 14.4. The lowest BCUT2D eigenvalue weighted by atomic mass is 9.74. The number of carbonyl (C=O) groups excluding carboxylic acids is 1. The number of amides is 1. The number of rotatable bonds is 5. The first-order valence-electron chi connectivity index (χ1n) is 8.17. The molecule has 0 bridgehead atoms. The van der Waals surface area contributed by atoms with Gasteiger partial charge >= 0.3 is 0 Å². The summed E-state index contributed by atoms with van der Waals surface area (Å²) >= 11 is 0. The first kappa shape index (κ1) is 14.8. The van der Waals surface area contributed by atoms with Crippen molar-refractivity contribution < 1.29 is 4.79 Å². The van der Waals surface area contributed by atoms with E-state index in [4.69, 9.17) is 0 Å². The van der Waals surface area contributed by atoms with Gasteiger partial charge in [0.25, 0.3) is 0 Å². The van der Waals surface area contributed by atoms with Gasteiger partial charge in [-0.15, -0.1) is 0 Å². The Hall–Kier alpha value is -0.570. The van der Waals surface area contributed by atoms with Crippen LogP contribution in [0.3, 0.4) is 0 Å². The van der Waals surface area contributed by atoms with E-state index in [-0.39, 0.29) is 0 Å². The largest absolute Gasteiger partial charge is 0.343 e. The number of piperidine rings is 1. The summed E-state index contributed by atoms with van der Waals surface area (Å²) < 4.78 is 0. The molecule has 0 aromatic heterocycles. The van der Waals surface area contributed by atoms with E-state index in [1.165, 1.54) is 32.1 Å². The van der Waals surface area contributed by atoms with Gasteiger partial charge in [-0.3, -0.25) is 4.79 Å². The second kappa shape index (κ2) is 6.74. The summed E-state index contributed by atoms with van der Waals surface area (Å²) in [6.45, 7) is 8.83. The van der Waals surface area contributed by atoms with Crippen LogP contribution in [0.25, 0.3) is 0 Å². The Morgan fingerprint density at radius 1 is 1.26 bits per heavy atom. The number of carbonyl (C=O) groups is 1. The minimum absolute atomic E-state index is 0.396. The fraction of sp³-hybridized carbons (Fsp3) is 0.938. The van der Waals surface area contributed by atoms with Gasteiger partial charge in [0.15, 0.2) is 0 Å². The van der Waals surface area contributed by atoms with Crippen LogP contribution in [0.15, 0.2) is 0 Å². The summed E-state index contributed by atoms with van der Waals surface area (Å²) in [5.41, 5.74) is 0.520. The molecule has 0 aromatic carbocycles. The highest BCUT2D eigenvalue weighted by Gasteiger charge is 2.32. The Morgan fingerprint density at radius 2 is 1.95 bits per heavy atom. The van der Waals surface area contributed by atoms with E-state index in [1.807, 2.05) is 0 Å². The number of likely N-dealkylation sites (tertiary alicyclic amines) is 1. The maximum Gasteiger partial charge on any atom is 0.222 e. The summed E-state index contributed by atoms with van der Waals surface area (Å²) in [6, 6.07) is 0. The van der Waals surface area contributed by atoms with E-state index in [0.717, 1.165) is 44.9 Å². The van der Waals surface area contributed by atoms with E-state index in [1.54, 1.807) is 0 Å². The van der Waals surface area contributed by atoms with Crippen molar-refractivity contribution in [1.29, 1.82) is 0 Å². The van der Waals surface area contributed by atoms with Crippen LogP contribution in [0.2, 0.25) is 0 Å². The number of nitrogens with one attached hydrogen (secondary N) is 1. The smallest absolute Gasteiger partial charge is 0.222 e. The molecule has 1 unspecified atom stereocenters. The van der Waals surface area contributed by atoms with E-state index in [0.29, 0.717) is 11.3 Å². The van der Waals surface area contributed by atoms with Gasteiger partial charge in [0.05, 0.1) is 0 Å². The van der Waals surface area contributed by atoms with Gasteiger partial charge in [0.2, 0.25) is 5.91 Å². The van der Waals surface area contributed by atoms with E-state index >= 15 is 0 Å². The molecule has 0 spiro atoms. The molecule has 19 heavy (non-hydrogen) atoms. The molecule has 0 saturated carbocycles. The molecule has 0 radical (unpaired) electrons. The van der Waals surface area contributed by atoms with Gasteiger partial charge in [-0.2, -0.15) is 0 Å². The average Bonchev–Trinajstić information content (AvgIpc) is 2.98. The zero-order valence-corrected chi connectivity index (χ0v) is 12.7. The summed E-state index contributed by atoms with van der Waals surface area (Å²) in [5.74, 6) is 1.13. The Bertz CT molecular complexity index is 283. The van der Waals surface area contributed by atoms with Crippen molar-refractivity contribution in [3.63, 3.8) is 0 Å². The van der Waals surface area contributed by atoms with Crippen molar-refractivity contribution in [1.82, 2.24) is 10.2 Å². The second-order valence-electron chi connectivity index (χ2n) is 6.49. The minimum Gasteiger partial charge on any atom is -0.343 e. The molecule has 1 atom stereocenters. The standard InChI is InChI=1S/C16H30N2O/c1-3-16(4-2)8-11-18(12-9-16)15(19)6-5-14-7-10-17-13-14/h14,17H,3-13H2,1-2H3. The Morgan fingerprint density at radius 3 is 2.47 bits per heavy atom. The maximum absolute atomic E-state index is 12.2. The normalized spacial score (nSPS) is 26.6. The van der Waals surface area contributed by atoms with Crippen LogP contribution in [0.1, 0.15) is 58.8 Å². The molecule has 2 aliphatic rings. The van der Waals surface area contributed by atoms with Crippen LogP contribution in [-0.4, -0.2) is 37.0 Å². The van der Waals surface area contributed by atoms with Crippen molar-refractivity contribution in [3.05, 3.63) is 0 Å². The lowest BCUT2D eigenvalue weighted by Crippen LogP contribution is -2.42. The average molecular weight is 266 g/mol. The van der Waals surface area contributed by atoms with Crippen LogP contribution < -0.4 is 5.32 Å². The van der Waals surface area contributed by atoms with Crippen LogP contribution >= 0.6 is 0 Å². The summed E-state index contributed by atoms with van der Waals surface area (Å²) in [7, 11) is 0. The molecule has 2 aliphatic heterocycles. The van der Waals surface area contributed by atoms with Crippen LogP contribution in [0.4, 0.5) is 0 Å². The number of nitrogens with zero attached hydrogens (tertiary/aromatic N) is 1. The van der Waals surface area contributed by atoms with Gasteiger partial charge in [0, 0.05) is 19.5 Å². The fourth-order valence-electron chi connectivity index (χ4n) is 3.63. The van der Waals surface area contributed by atoms with Crippen molar-refractivity contribution >= 4 is 5.91 Å². The fourth-order valence-corrected chi connectivity index (χ4v) is 3.63. The molecular formula is C16H30N2O. The highest BCUT2D eigenvalue weighted by molar-refractivity contribution is 5.76. The lowest BCUT2D eigenvalue weighted by Gasteiger charge is -2.41. The SMILES string of the molecule is CCC1(CC)CCN(C(=O)CCC2CCNC2)CC1. The molecular weight excluding hydrogens is 236 g/mol. The van der Waals surface area contributed by atoms with Gasteiger partial charge in [-0.05, 0) is 50.1 Å². The maximum atomic E-state index is 12.2. The summed E-state index contributed by atoms with van der Waals surface area (Å²) in [5, 5.41) is 3.38. The van der Waals surface area contributed by atoms with E-state index in [2.05, 4.69) is 24.1 Å². The van der Waals surface area contributed by atoms with Crippen LogP contribution in [0.5, 0.6) is 0 Å². The van der Waals surface area contributed by atoms with Gasteiger partial charge in [-0.1, -0.05) is 26.7 Å². The van der Waals surface area contributed by atoms with Gasteiger partial charge in [0.1, 0.15) is 0 Å². The monoisotopic (exact) mass is 266 g/mol. The highest BCUT2D eigenvalue weighted by atomic mass is 16.2. The molecule has 2 heterocycles. The molecule has 3 nitrogen and oxygen atoms in total. The van der Waals surface area contributed by atoms with Crippen molar-refractivity contribution in [2.75, 3.05) is 26.2 Å². The van der Waals surface area contributed by atoms with Gasteiger partial charge < -0.3 is 10.2 Å². The Balaban J connectivity index is 1.72. The zero-order chi connectivity index (χ0) is 13.7. The zero-order valence-electron chi connectivity index (χ0n) is 12.7.